The van der Waals surface area contributed by atoms with E-state index in [2.05, 4.69) is 0 Å². The van der Waals surface area contributed by atoms with Crippen LogP contribution in [-0.4, -0.2) is 4.92 Å². The van der Waals surface area contributed by atoms with Crippen LogP contribution in [0.5, 0.6) is 11.5 Å². The Morgan fingerprint density at radius 1 is 1.25 bits per heavy atom. The van der Waals surface area contributed by atoms with Crippen LogP contribution in [0.3, 0.4) is 0 Å². The molecule has 6 nitrogen and oxygen atoms in total. The molecule has 20 heavy (non-hydrogen) atoms. The second kappa shape index (κ2) is 5.82. The number of benzene rings is 2. The standard InChI is InChI=1S/C14H11N3O3/c15-8-10-4-6-12(7-5-10)20-13-3-1-2-11(9-16)14(13)17(18)19/h1-7H,8,15H2. The van der Waals surface area contributed by atoms with Crippen LogP contribution < -0.4 is 10.5 Å². The molecule has 0 atom stereocenters. The number of nitriles is 1. The average Bonchev–Trinajstić information content (AvgIpc) is 2.47. The molecule has 2 N–H and O–H groups in total. The largest absolute Gasteiger partial charge is 0.450 e. The summed E-state index contributed by atoms with van der Waals surface area (Å²) in [5.41, 5.74) is 6.05. The van der Waals surface area contributed by atoms with Crippen molar-refractivity contribution in [3.05, 3.63) is 63.7 Å². The number of nitrogens with zero attached hydrogens (tertiary/aromatic N) is 2. The van der Waals surface area contributed by atoms with E-state index in [1.54, 1.807) is 30.3 Å². The molecule has 0 saturated heterocycles. The summed E-state index contributed by atoms with van der Waals surface area (Å²) in [6, 6.07) is 13.0. The number of ether oxygens (including phenoxy) is 1. The van der Waals surface area contributed by atoms with Crippen molar-refractivity contribution >= 4 is 5.69 Å². The fraction of sp³-hybridized carbons (Fsp3) is 0.0714. The Morgan fingerprint density at radius 2 is 1.95 bits per heavy atom. The highest BCUT2D eigenvalue weighted by molar-refractivity contribution is 5.59. The normalized spacial score (nSPS) is 9.80. The van der Waals surface area contributed by atoms with Crippen LogP contribution in [0.25, 0.3) is 0 Å². The monoisotopic (exact) mass is 269 g/mol. The molecule has 0 saturated carbocycles. The van der Waals surface area contributed by atoms with Crippen molar-refractivity contribution in [1.82, 2.24) is 0 Å². The first-order chi connectivity index (χ1) is 9.65. The van der Waals surface area contributed by atoms with Crippen molar-refractivity contribution in [3.8, 4) is 17.6 Å². The molecule has 2 rings (SSSR count). The lowest BCUT2D eigenvalue weighted by Crippen LogP contribution is -1.97. The van der Waals surface area contributed by atoms with Gasteiger partial charge in [-0.1, -0.05) is 18.2 Å². The van der Waals surface area contributed by atoms with E-state index in [-0.39, 0.29) is 17.0 Å². The topological polar surface area (TPSA) is 102 Å². The van der Waals surface area contributed by atoms with Gasteiger partial charge < -0.3 is 10.5 Å². The summed E-state index contributed by atoms with van der Waals surface area (Å²) in [5, 5.41) is 20.0. The average molecular weight is 269 g/mol. The smallest absolute Gasteiger partial charge is 0.329 e. The van der Waals surface area contributed by atoms with Crippen LogP contribution in [-0.2, 0) is 6.54 Å². The summed E-state index contributed by atoms with van der Waals surface area (Å²) in [7, 11) is 0. The Morgan fingerprint density at radius 3 is 2.50 bits per heavy atom. The zero-order valence-corrected chi connectivity index (χ0v) is 10.4. The molecule has 0 amide bonds. The molecule has 0 unspecified atom stereocenters. The van der Waals surface area contributed by atoms with E-state index >= 15 is 0 Å². The van der Waals surface area contributed by atoms with Gasteiger partial charge in [0.25, 0.3) is 0 Å². The third-order valence-electron chi connectivity index (χ3n) is 2.69. The maximum Gasteiger partial charge on any atom is 0.329 e. The van der Waals surface area contributed by atoms with Crippen LogP contribution in [0, 0.1) is 21.4 Å². The predicted molar refractivity (Wildman–Crippen MR) is 72.2 cm³/mol. The van der Waals surface area contributed by atoms with Crippen molar-refractivity contribution in [2.45, 2.75) is 6.54 Å². The molecule has 0 bridgehead atoms. The summed E-state index contributed by atoms with van der Waals surface area (Å²) in [6.45, 7) is 0.407. The molecular formula is C14H11N3O3. The van der Waals surface area contributed by atoms with Crippen molar-refractivity contribution in [2.75, 3.05) is 0 Å². The summed E-state index contributed by atoms with van der Waals surface area (Å²) < 4.78 is 5.48. The minimum absolute atomic E-state index is 0.0360. The van der Waals surface area contributed by atoms with Crippen LogP contribution in [0.4, 0.5) is 5.69 Å². The number of nitrogens with two attached hydrogens (primary N) is 1. The Hall–Kier alpha value is -2.91. The van der Waals surface area contributed by atoms with Gasteiger partial charge in [-0.3, -0.25) is 10.1 Å². The Bertz CT molecular complexity index is 675. The lowest BCUT2D eigenvalue weighted by molar-refractivity contribution is -0.385. The number of hydrogen-bond acceptors (Lipinski definition) is 5. The first kappa shape index (κ1) is 13.5. The van der Waals surface area contributed by atoms with Crippen LogP contribution >= 0.6 is 0 Å². The molecule has 2 aromatic carbocycles. The zero-order chi connectivity index (χ0) is 14.5. The highest BCUT2D eigenvalue weighted by Crippen LogP contribution is 2.33. The Labute approximate surface area is 115 Å². The lowest BCUT2D eigenvalue weighted by atomic mass is 10.2. The number of nitro benzene ring substituents is 1. The van der Waals surface area contributed by atoms with E-state index in [1.807, 2.05) is 0 Å². The van der Waals surface area contributed by atoms with Gasteiger partial charge in [0.1, 0.15) is 17.4 Å². The SMILES string of the molecule is N#Cc1cccc(Oc2ccc(CN)cc2)c1[N+](=O)[O-]. The molecule has 0 aliphatic heterocycles. The Balaban J connectivity index is 2.38. The third-order valence-corrected chi connectivity index (χ3v) is 2.69. The van der Waals surface area contributed by atoms with E-state index in [4.69, 9.17) is 15.7 Å². The molecule has 0 aliphatic rings. The van der Waals surface area contributed by atoms with Crippen LogP contribution in [0.1, 0.15) is 11.1 Å². The molecule has 0 aromatic heterocycles. The molecule has 0 heterocycles. The van der Waals surface area contributed by atoms with Gasteiger partial charge in [0.2, 0.25) is 5.75 Å². The summed E-state index contributed by atoms with van der Waals surface area (Å²) in [5.74, 6) is 0.481. The second-order valence-corrected chi connectivity index (χ2v) is 3.97. The first-order valence-electron chi connectivity index (χ1n) is 5.80. The van der Waals surface area contributed by atoms with Gasteiger partial charge in [-0.15, -0.1) is 0 Å². The highest BCUT2D eigenvalue weighted by atomic mass is 16.6. The van der Waals surface area contributed by atoms with E-state index < -0.39 is 4.92 Å². The van der Waals surface area contributed by atoms with Crippen molar-refractivity contribution in [3.63, 3.8) is 0 Å². The van der Waals surface area contributed by atoms with Crippen molar-refractivity contribution in [2.24, 2.45) is 5.73 Å². The number of rotatable bonds is 4. The van der Waals surface area contributed by atoms with Crippen LogP contribution in [0.15, 0.2) is 42.5 Å². The maximum atomic E-state index is 11.1. The van der Waals surface area contributed by atoms with Crippen LogP contribution in [0.2, 0.25) is 0 Å². The molecule has 100 valence electrons. The summed E-state index contributed by atoms with van der Waals surface area (Å²) in [4.78, 5) is 10.4. The number of para-hydroxylation sites is 1. The quantitative estimate of drug-likeness (QED) is 0.679. The van der Waals surface area contributed by atoms with Gasteiger partial charge in [0.15, 0.2) is 0 Å². The fourth-order valence-corrected chi connectivity index (χ4v) is 1.70. The molecule has 6 heteroatoms. The van der Waals surface area contributed by atoms with Gasteiger partial charge in [-0.25, -0.2) is 0 Å². The molecule has 0 radical (unpaired) electrons. The molecule has 0 spiro atoms. The predicted octanol–water partition coefficient (Wildman–Crippen LogP) is 2.72. The van der Waals surface area contributed by atoms with E-state index in [0.29, 0.717) is 12.3 Å². The van der Waals surface area contributed by atoms with E-state index in [0.717, 1.165) is 5.56 Å². The van der Waals surface area contributed by atoms with Gasteiger partial charge in [-0.05, 0) is 29.8 Å². The highest BCUT2D eigenvalue weighted by Gasteiger charge is 2.21. The van der Waals surface area contributed by atoms with Crippen molar-refractivity contribution in [1.29, 1.82) is 5.26 Å². The number of hydrogen-bond donors (Lipinski definition) is 1. The van der Waals surface area contributed by atoms with E-state index in [1.165, 1.54) is 18.2 Å². The van der Waals surface area contributed by atoms with Gasteiger partial charge in [0.05, 0.1) is 4.92 Å². The molecule has 0 fully saturated rings. The van der Waals surface area contributed by atoms with Crippen molar-refractivity contribution < 1.29 is 9.66 Å². The minimum Gasteiger partial charge on any atom is -0.450 e. The second-order valence-electron chi connectivity index (χ2n) is 3.97. The molecule has 2 aromatic rings. The van der Waals surface area contributed by atoms with Gasteiger partial charge in [-0.2, -0.15) is 5.26 Å². The van der Waals surface area contributed by atoms with Gasteiger partial charge >= 0.3 is 5.69 Å². The van der Waals surface area contributed by atoms with E-state index in [9.17, 15) is 10.1 Å². The fourth-order valence-electron chi connectivity index (χ4n) is 1.70. The third kappa shape index (κ3) is 2.74. The summed E-state index contributed by atoms with van der Waals surface area (Å²) in [6.07, 6.45) is 0. The zero-order valence-electron chi connectivity index (χ0n) is 10.4. The minimum atomic E-state index is -0.623. The number of nitro groups is 1. The first-order valence-corrected chi connectivity index (χ1v) is 5.80. The molecule has 0 aliphatic carbocycles. The Kier molecular flexibility index (Phi) is 3.93. The molecular weight excluding hydrogens is 258 g/mol. The lowest BCUT2D eigenvalue weighted by Gasteiger charge is -2.07. The summed E-state index contributed by atoms with van der Waals surface area (Å²) >= 11 is 0. The van der Waals surface area contributed by atoms with Gasteiger partial charge in [0, 0.05) is 6.54 Å². The maximum absolute atomic E-state index is 11.1.